The molecule has 0 aliphatic carbocycles. The number of aromatic nitrogens is 2. The topological polar surface area (TPSA) is 46.9 Å². The van der Waals surface area contributed by atoms with Gasteiger partial charge in [0.05, 0.1) is 18.3 Å². The van der Waals surface area contributed by atoms with Crippen LogP contribution in [0.1, 0.15) is 5.56 Å². The van der Waals surface area contributed by atoms with Crippen molar-refractivity contribution >= 4 is 24.2 Å². The van der Waals surface area contributed by atoms with Crippen molar-refractivity contribution in [1.29, 1.82) is 0 Å². The number of hydrogen-bond donors (Lipinski definition) is 2. The van der Waals surface area contributed by atoms with Crippen molar-refractivity contribution in [3.8, 4) is 0 Å². The van der Waals surface area contributed by atoms with Gasteiger partial charge < -0.3 is 5.32 Å². The third kappa shape index (κ3) is 3.35. The maximum Gasteiger partial charge on any atom is 0.228 e. The number of amides is 1. The normalized spacial score (nSPS) is 10.2. The van der Waals surface area contributed by atoms with Crippen molar-refractivity contribution < 1.29 is 4.79 Å². The largest absolute Gasteiger partial charge is 0.323 e. The minimum Gasteiger partial charge on any atom is -0.323 e. The number of rotatable bonds is 3. The lowest BCUT2D eigenvalue weighted by molar-refractivity contribution is -0.115. The molecule has 17 heavy (non-hydrogen) atoms. The van der Waals surface area contributed by atoms with E-state index in [0.29, 0.717) is 12.1 Å². The Morgan fingerprint density at radius 1 is 1.41 bits per heavy atom. The summed E-state index contributed by atoms with van der Waals surface area (Å²) in [6.07, 6.45) is 3.73. The Hall–Kier alpha value is -1.75. The molecule has 2 aromatic rings. The van der Waals surface area contributed by atoms with E-state index in [1.807, 2.05) is 24.3 Å². The quantitative estimate of drug-likeness (QED) is 0.814. The van der Waals surface area contributed by atoms with E-state index >= 15 is 0 Å². The van der Waals surface area contributed by atoms with E-state index in [1.165, 1.54) is 0 Å². The first-order valence-electron chi connectivity index (χ1n) is 5.20. The summed E-state index contributed by atoms with van der Waals surface area (Å²) in [5.74, 6) is -0.0510. The van der Waals surface area contributed by atoms with Gasteiger partial charge in [0.1, 0.15) is 0 Å². The molecule has 0 unspecified atom stereocenters. The van der Waals surface area contributed by atoms with Gasteiger partial charge in [-0.3, -0.25) is 9.48 Å². The van der Waals surface area contributed by atoms with Crippen molar-refractivity contribution in [3.63, 3.8) is 0 Å². The molecule has 0 fully saturated rings. The Labute approximate surface area is 105 Å². The highest BCUT2D eigenvalue weighted by Crippen LogP contribution is 2.09. The van der Waals surface area contributed by atoms with Crippen LogP contribution in [-0.2, 0) is 18.3 Å². The fourth-order valence-electron chi connectivity index (χ4n) is 1.49. The summed E-state index contributed by atoms with van der Waals surface area (Å²) in [5.41, 5.74) is 1.67. The Balaban J connectivity index is 1.95. The first-order valence-corrected chi connectivity index (χ1v) is 5.64. The molecule has 88 valence electrons. The minimum absolute atomic E-state index is 0.0510. The molecule has 0 bridgehead atoms. The summed E-state index contributed by atoms with van der Waals surface area (Å²) in [7, 11) is 1.81. The van der Waals surface area contributed by atoms with Crippen LogP contribution < -0.4 is 5.32 Å². The third-order valence-electron chi connectivity index (χ3n) is 2.29. The van der Waals surface area contributed by atoms with Gasteiger partial charge in [0.25, 0.3) is 0 Å². The van der Waals surface area contributed by atoms with Gasteiger partial charge in [-0.2, -0.15) is 5.10 Å². The number of nitrogens with one attached hydrogen (secondary N) is 1. The van der Waals surface area contributed by atoms with Gasteiger partial charge in [-0.25, -0.2) is 0 Å². The standard InChI is InChI=1S/C12H13N3OS/c1-15-8-10(7-13-15)14-12(16)6-9-2-4-11(17)5-3-9/h2-5,7-8,17H,6H2,1H3,(H,14,16). The molecule has 0 aliphatic heterocycles. The number of carbonyl (C=O) groups is 1. The summed E-state index contributed by atoms with van der Waals surface area (Å²) < 4.78 is 1.64. The highest BCUT2D eigenvalue weighted by atomic mass is 32.1. The highest BCUT2D eigenvalue weighted by Gasteiger charge is 2.05. The lowest BCUT2D eigenvalue weighted by atomic mass is 10.1. The molecule has 0 radical (unpaired) electrons. The van der Waals surface area contributed by atoms with Crippen LogP contribution in [0.2, 0.25) is 0 Å². The monoisotopic (exact) mass is 247 g/mol. The second-order valence-electron chi connectivity index (χ2n) is 3.79. The summed E-state index contributed by atoms with van der Waals surface area (Å²) in [6, 6.07) is 7.53. The zero-order valence-electron chi connectivity index (χ0n) is 9.42. The number of carbonyl (C=O) groups excluding carboxylic acids is 1. The maximum atomic E-state index is 11.7. The van der Waals surface area contributed by atoms with E-state index in [2.05, 4.69) is 23.0 Å². The molecule has 0 saturated carbocycles. The van der Waals surface area contributed by atoms with Gasteiger partial charge in [0.2, 0.25) is 5.91 Å². The lowest BCUT2D eigenvalue weighted by Crippen LogP contribution is -2.13. The Morgan fingerprint density at radius 3 is 2.71 bits per heavy atom. The number of benzene rings is 1. The fourth-order valence-corrected chi connectivity index (χ4v) is 1.64. The third-order valence-corrected chi connectivity index (χ3v) is 2.59. The first kappa shape index (κ1) is 11.7. The van der Waals surface area contributed by atoms with E-state index in [9.17, 15) is 4.79 Å². The van der Waals surface area contributed by atoms with E-state index in [-0.39, 0.29) is 5.91 Å². The molecule has 0 spiro atoms. The predicted molar refractivity (Wildman–Crippen MR) is 69.2 cm³/mol. The Bertz CT molecular complexity index is 519. The molecule has 0 atom stereocenters. The second-order valence-corrected chi connectivity index (χ2v) is 4.31. The highest BCUT2D eigenvalue weighted by molar-refractivity contribution is 7.80. The number of anilines is 1. The Kier molecular flexibility index (Phi) is 3.49. The summed E-state index contributed by atoms with van der Waals surface area (Å²) in [6.45, 7) is 0. The summed E-state index contributed by atoms with van der Waals surface area (Å²) in [5, 5.41) is 6.76. The Morgan fingerprint density at radius 2 is 2.12 bits per heavy atom. The van der Waals surface area contributed by atoms with Crippen molar-refractivity contribution in [3.05, 3.63) is 42.2 Å². The molecular weight excluding hydrogens is 234 g/mol. The SMILES string of the molecule is Cn1cc(NC(=O)Cc2ccc(S)cc2)cn1. The maximum absolute atomic E-state index is 11.7. The van der Waals surface area contributed by atoms with Crippen LogP contribution in [0.15, 0.2) is 41.6 Å². The second kappa shape index (κ2) is 5.05. The molecule has 1 aromatic carbocycles. The van der Waals surface area contributed by atoms with Crippen molar-refractivity contribution in [2.75, 3.05) is 5.32 Å². The number of hydrogen-bond acceptors (Lipinski definition) is 3. The van der Waals surface area contributed by atoms with E-state index in [0.717, 1.165) is 10.5 Å². The average Bonchev–Trinajstić information content (AvgIpc) is 2.67. The molecule has 0 saturated heterocycles. The zero-order chi connectivity index (χ0) is 12.3. The van der Waals surface area contributed by atoms with Crippen LogP contribution in [0.5, 0.6) is 0 Å². The van der Waals surface area contributed by atoms with Crippen LogP contribution in [-0.4, -0.2) is 15.7 Å². The molecule has 1 aromatic heterocycles. The summed E-state index contributed by atoms with van der Waals surface area (Å²) >= 11 is 4.19. The minimum atomic E-state index is -0.0510. The number of thiol groups is 1. The number of aryl methyl sites for hydroxylation is 1. The van der Waals surface area contributed by atoms with Gasteiger partial charge >= 0.3 is 0 Å². The van der Waals surface area contributed by atoms with Gasteiger partial charge in [-0.05, 0) is 17.7 Å². The van der Waals surface area contributed by atoms with Crippen molar-refractivity contribution in [2.24, 2.45) is 7.05 Å². The van der Waals surface area contributed by atoms with Crippen molar-refractivity contribution in [1.82, 2.24) is 9.78 Å². The molecular formula is C12H13N3OS. The van der Waals surface area contributed by atoms with E-state index in [1.54, 1.807) is 24.1 Å². The number of nitrogens with zero attached hydrogens (tertiary/aromatic N) is 2. The van der Waals surface area contributed by atoms with Gasteiger partial charge in [0, 0.05) is 18.1 Å². The van der Waals surface area contributed by atoms with Crippen LogP contribution in [0.3, 0.4) is 0 Å². The molecule has 5 heteroatoms. The van der Waals surface area contributed by atoms with Crippen LogP contribution >= 0.6 is 12.6 Å². The molecule has 1 amide bonds. The zero-order valence-corrected chi connectivity index (χ0v) is 10.3. The molecule has 1 heterocycles. The first-order chi connectivity index (χ1) is 8.13. The van der Waals surface area contributed by atoms with Gasteiger partial charge in [-0.15, -0.1) is 12.6 Å². The van der Waals surface area contributed by atoms with Crippen molar-refractivity contribution in [2.45, 2.75) is 11.3 Å². The average molecular weight is 247 g/mol. The molecule has 4 nitrogen and oxygen atoms in total. The van der Waals surface area contributed by atoms with Crippen LogP contribution in [0, 0.1) is 0 Å². The summed E-state index contributed by atoms with van der Waals surface area (Å²) in [4.78, 5) is 12.6. The molecule has 0 aliphatic rings. The lowest BCUT2D eigenvalue weighted by Gasteiger charge is -2.02. The van der Waals surface area contributed by atoms with Crippen LogP contribution in [0.4, 0.5) is 5.69 Å². The van der Waals surface area contributed by atoms with E-state index < -0.39 is 0 Å². The predicted octanol–water partition coefficient (Wildman–Crippen LogP) is 1.89. The van der Waals surface area contributed by atoms with Gasteiger partial charge in [0.15, 0.2) is 0 Å². The van der Waals surface area contributed by atoms with Gasteiger partial charge in [-0.1, -0.05) is 12.1 Å². The smallest absolute Gasteiger partial charge is 0.228 e. The fraction of sp³-hybridized carbons (Fsp3) is 0.167. The van der Waals surface area contributed by atoms with E-state index in [4.69, 9.17) is 0 Å². The molecule has 2 rings (SSSR count). The van der Waals surface area contributed by atoms with Crippen LogP contribution in [0.25, 0.3) is 0 Å². The molecule has 1 N–H and O–H groups in total.